The van der Waals surface area contributed by atoms with E-state index in [0.29, 0.717) is 48.3 Å². The Hall–Kier alpha value is -5.08. The number of rotatable bonds is 9. The number of nitrogens with zero attached hydrogens (tertiary/aromatic N) is 6. The Morgan fingerprint density at radius 1 is 0.918 bits per heavy atom. The van der Waals surface area contributed by atoms with Crippen LogP contribution in [-0.4, -0.2) is 103 Å². The monoisotopic (exact) mass is 684 g/mol. The fourth-order valence-electron chi connectivity index (χ4n) is 5.95. The van der Waals surface area contributed by atoms with Crippen LogP contribution in [0.25, 0.3) is 11.1 Å². The number of ether oxygens (including phenoxy) is 1. The summed E-state index contributed by atoms with van der Waals surface area (Å²) in [4.78, 5) is 45.5. The van der Waals surface area contributed by atoms with E-state index in [2.05, 4.69) is 37.0 Å². The van der Waals surface area contributed by atoms with E-state index in [1.165, 1.54) is 24.5 Å². The predicted molar refractivity (Wildman–Crippen MR) is 186 cm³/mol. The number of nitrogen functional groups attached to an aromatic ring is 1. The lowest BCUT2D eigenvalue weighted by Gasteiger charge is -2.33. The third-order valence-corrected chi connectivity index (χ3v) is 10.6. The number of likely N-dealkylation sites (N-methyl/N-ethyl adjacent to an activating group) is 1. The zero-order chi connectivity index (χ0) is 34.5. The van der Waals surface area contributed by atoms with Crippen LogP contribution in [-0.2, 0) is 16.4 Å². The highest BCUT2D eigenvalue weighted by Gasteiger charge is 2.25. The second-order valence-electron chi connectivity index (χ2n) is 12.1. The number of carbonyl (C=O) groups is 2. The largest absolute Gasteiger partial charge is 0.491 e. The summed E-state index contributed by atoms with van der Waals surface area (Å²) in [7, 11) is -3.75. The molecule has 2 aromatic carbocycles. The van der Waals surface area contributed by atoms with Crippen LogP contribution < -0.4 is 20.7 Å². The molecule has 256 valence electrons. The van der Waals surface area contributed by atoms with Crippen LogP contribution >= 0.6 is 0 Å². The van der Waals surface area contributed by atoms with Crippen molar-refractivity contribution in [2.24, 2.45) is 0 Å². The molecule has 0 unspecified atom stereocenters. The zero-order valence-corrected chi connectivity index (χ0v) is 28.4. The number of benzene rings is 2. The molecule has 1 saturated heterocycles. The van der Waals surface area contributed by atoms with Crippen LogP contribution in [0.15, 0.2) is 72.0 Å². The maximum atomic E-state index is 13.7. The Balaban J connectivity index is 1.06. The number of aromatic nitrogens is 3. The van der Waals surface area contributed by atoms with E-state index in [1.54, 1.807) is 30.2 Å². The molecule has 49 heavy (non-hydrogen) atoms. The fourth-order valence-corrected chi connectivity index (χ4v) is 7.19. The van der Waals surface area contributed by atoms with Gasteiger partial charge in [0.2, 0.25) is 5.95 Å². The molecule has 4 heterocycles. The average molecular weight is 685 g/mol. The van der Waals surface area contributed by atoms with Crippen molar-refractivity contribution in [3.63, 3.8) is 0 Å². The first kappa shape index (κ1) is 33.8. The van der Waals surface area contributed by atoms with Gasteiger partial charge >= 0.3 is 0 Å². The molecule has 2 amide bonds. The molecular formula is C35H40N8O5S. The summed E-state index contributed by atoms with van der Waals surface area (Å²) >= 11 is 0. The standard InChI is InChI=1S/C35H40N8O5S/c1-3-41-11-13-42(14-12-41)35-39-21-28(22-40-35)33(44)37-10-17-49(46,47)29-6-7-30(24(2)18-29)34(45)43-15-16-48-31-8-4-25(19-27(31)23-43)26-5-9-32(36)38-20-26/h4-9,18-22H,3,10-17,23H2,1-2H3,(H2,36,38)(H,37,44). The van der Waals surface area contributed by atoms with Crippen LogP contribution in [0.2, 0.25) is 0 Å². The Bertz CT molecular complexity index is 1930. The minimum atomic E-state index is -3.75. The first-order valence-corrected chi connectivity index (χ1v) is 17.9. The van der Waals surface area contributed by atoms with Crippen molar-refractivity contribution >= 4 is 33.4 Å². The second kappa shape index (κ2) is 14.6. The number of pyridine rings is 1. The van der Waals surface area contributed by atoms with Crippen molar-refractivity contribution < 1.29 is 22.7 Å². The number of hydrogen-bond donors (Lipinski definition) is 2. The molecule has 0 radical (unpaired) electrons. The minimum absolute atomic E-state index is 0.0814. The Kier molecular flexibility index (Phi) is 10.1. The molecule has 0 atom stereocenters. The fraction of sp³-hybridized carbons (Fsp3) is 0.343. The first-order valence-electron chi connectivity index (χ1n) is 16.3. The van der Waals surface area contributed by atoms with Crippen molar-refractivity contribution in [1.29, 1.82) is 0 Å². The summed E-state index contributed by atoms with van der Waals surface area (Å²) in [5, 5.41) is 2.66. The van der Waals surface area contributed by atoms with E-state index in [1.807, 2.05) is 24.3 Å². The number of nitrogens with one attached hydrogen (secondary N) is 1. The molecule has 2 aliphatic rings. The van der Waals surface area contributed by atoms with Crippen LogP contribution in [0.1, 0.15) is 38.8 Å². The highest BCUT2D eigenvalue weighted by molar-refractivity contribution is 7.91. The van der Waals surface area contributed by atoms with Gasteiger partial charge in [0.25, 0.3) is 11.8 Å². The Morgan fingerprint density at radius 3 is 2.37 bits per heavy atom. The van der Waals surface area contributed by atoms with Gasteiger partial charge in [0.15, 0.2) is 9.84 Å². The SMILES string of the molecule is CCN1CCN(c2ncc(C(=O)NCCS(=O)(=O)c3ccc(C(=O)N4CCOc5ccc(-c6ccc(N)nc6)cc5C4)c(C)c3)cn2)CC1. The molecule has 0 bridgehead atoms. The Morgan fingerprint density at radius 2 is 1.67 bits per heavy atom. The summed E-state index contributed by atoms with van der Waals surface area (Å²) in [6.45, 7) is 9.29. The van der Waals surface area contributed by atoms with Crippen LogP contribution in [0, 0.1) is 6.92 Å². The lowest BCUT2D eigenvalue weighted by molar-refractivity contribution is 0.0732. The molecule has 14 heteroatoms. The summed E-state index contributed by atoms with van der Waals surface area (Å²) in [6.07, 6.45) is 4.62. The van der Waals surface area contributed by atoms with Crippen molar-refractivity contribution in [2.75, 3.05) is 68.8 Å². The maximum absolute atomic E-state index is 13.7. The number of carbonyl (C=O) groups excluding carboxylic acids is 2. The first-order chi connectivity index (χ1) is 23.6. The predicted octanol–water partition coefficient (Wildman–Crippen LogP) is 2.81. The third-order valence-electron chi connectivity index (χ3n) is 8.89. The van der Waals surface area contributed by atoms with Crippen molar-refractivity contribution in [2.45, 2.75) is 25.3 Å². The van der Waals surface area contributed by atoms with Crippen molar-refractivity contribution in [1.82, 2.24) is 30.1 Å². The molecule has 2 aliphatic heterocycles. The molecule has 1 fully saturated rings. The van der Waals surface area contributed by atoms with Gasteiger partial charge in [0.05, 0.1) is 22.8 Å². The molecule has 4 aromatic rings. The lowest BCUT2D eigenvalue weighted by atomic mass is 10.0. The number of sulfone groups is 1. The molecule has 2 aromatic heterocycles. The average Bonchev–Trinajstić information content (AvgIpc) is 3.34. The second-order valence-corrected chi connectivity index (χ2v) is 14.2. The highest BCUT2D eigenvalue weighted by atomic mass is 32.2. The number of piperazine rings is 1. The normalized spacial score (nSPS) is 15.2. The summed E-state index contributed by atoms with van der Waals surface area (Å²) in [6, 6.07) is 13.9. The van der Waals surface area contributed by atoms with Gasteiger partial charge in [-0.25, -0.2) is 23.4 Å². The molecule has 3 N–H and O–H groups in total. The molecule has 0 aliphatic carbocycles. The summed E-state index contributed by atoms with van der Waals surface area (Å²) < 4.78 is 32.3. The minimum Gasteiger partial charge on any atom is -0.491 e. The quantitative estimate of drug-likeness (QED) is 0.267. The Labute approximate surface area is 286 Å². The van der Waals surface area contributed by atoms with Crippen LogP contribution in [0.5, 0.6) is 5.75 Å². The van der Waals surface area contributed by atoms with E-state index >= 15 is 0 Å². The number of anilines is 2. The number of aryl methyl sites for hydroxylation is 1. The number of nitrogens with two attached hydrogens (primary N) is 1. The molecule has 0 saturated carbocycles. The third kappa shape index (κ3) is 7.81. The van der Waals surface area contributed by atoms with Gasteiger partial charge in [-0.2, -0.15) is 0 Å². The van der Waals surface area contributed by atoms with E-state index in [4.69, 9.17) is 10.5 Å². The van der Waals surface area contributed by atoms with Gasteiger partial charge in [-0.3, -0.25) is 9.59 Å². The van der Waals surface area contributed by atoms with E-state index in [0.717, 1.165) is 49.4 Å². The summed E-state index contributed by atoms with van der Waals surface area (Å²) in [5.41, 5.74) is 9.61. The van der Waals surface area contributed by atoms with Crippen LogP contribution in [0.4, 0.5) is 11.8 Å². The van der Waals surface area contributed by atoms with Gasteiger partial charge in [-0.05, 0) is 67.1 Å². The molecule has 6 rings (SSSR count). The van der Waals surface area contributed by atoms with Gasteiger partial charge in [0, 0.05) is 74.5 Å². The summed E-state index contributed by atoms with van der Waals surface area (Å²) in [5.74, 6) is 0.735. The van der Waals surface area contributed by atoms with E-state index in [9.17, 15) is 18.0 Å². The van der Waals surface area contributed by atoms with Gasteiger partial charge < -0.3 is 30.5 Å². The molecular weight excluding hydrogens is 645 g/mol. The highest BCUT2D eigenvalue weighted by Crippen LogP contribution is 2.30. The maximum Gasteiger partial charge on any atom is 0.254 e. The van der Waals surface area contributed by atoms with Gasteiger partial charge in [-0.1, -0.05) is 13.0 Å². The van der Waals surface area contributed by atoms with Gasteiger partial charge in [-0.15, -0.1) is 0 Å². The topological polar surface area (TPSA) is 164 Å². The molecule has 13 nitrogen and oxygen atoms in total. The lowest BCUT2D eigenvalue weighted by Crippen LogP contribution is -2.46. The number of amides is 2. The number of hydrogen-bond acceptors (Lipinski definition) is 11. The van der Waals surface area contributed by atoms with E-state index < -0.39 is 15.7 Å². The van der Waals surface area contributed by atoms with Crippen LogP contribution in [0.3, 0.4) is 0 Å². The molecule has 0 spiro atoms. The number of fused-ring (bicyclic) bond motifs is 1. The van der Waals surface area contributed by atoms with Crippen molar-refractivity contribution in [3.05, 3.63) is 89.4 Å². The van der Waals surface area contributed by atoms with E-state index in [-0.39, 0.29) is 28.7 Å². The van der Waals surface area contributed by atoms with Gasteiger partial charge in [0.1, 0.15) is 18.2 Å². The smallest absolute Gasteiger partial charge is 0.254 e. The van der Waals surface area contributed by atoms with Crippen molar-refractivity contribution in [3.8, 4) is 16.9 Å². The zero-order valence-electron chi connectivity index (χ0n) is 27.6.